The fraction of sp³-hybridized carbons (Fsp3) is 0.250. The van der Waals surface area contributed by atoms with Gasteiger partial charge in [-0.25, -0.2) is 8.42 Å². The largest absolute Gasteiger partial charge is 0.379 e. The first kappa shape index (κ1) is 25.6. The Labute approximate surface area is 213 Å². The minimum atomic E-state index is -3.54. The van der Waals surface area contributed by atoms with Gasteiger partial charge in [0.2, 0.25) is 15.9 Å². The molecule has 0 atom stereocenters. The number of rotatable bonds is 8. The van der Waals surface area contributed by atoms with E-state index in [2.05, 4.69) is 36.2 Å². The van der Waals surface area contributed by atoms with Gasteiger partial charge in [0, 0.05) is 42.3 Å². The zero-order valence-corrected chi connectivity index (χ0v) is 21.3. The second-order valence-corrected chi connectivity index (χ2v) is 10.7. The fourth-order valence-corrected chi connectivity index (χ4v) is 5.49. The van der Waals surface area contributed by atoms with Crippen LogP contribution in [0, 0.1) is 0 Å². The summed E-state index contributed by atoms with van der Waals surface area (Å²) in [6.45, 7) is 5.79. The van der Waals surface area contributed by atoms with E-state index in [-0.39, 0.29) is 16.8 Å². The van der Waals surface area contributed by atoms with Gasteiger partial charge < -0.3 is 15.0 Å². The molecular weight excluding hydrogens is 474 g/mol. The van der Waals surface area contributed by atoms with Crippen molar-refractivity contribution in [2.24, 2.45) is 0 Å². The van der Waals surface area contributed by atoms with Crippen LogP contribution < -0.4 is 10.2 Å². The summed E-state index contributed by atoms with van der Waals surface area (Å²) >= 11 is 0. The van der Waals surface area contributed by atoms with E-state index in [0.717, 1.165) is 16.9 Å². The van der Waals surface area contributed by atoms with Crippen molar-refractivity contribution in [3.63, 3.8) is 0 Å². The third-order valence-corrected chi connectivity index (χ3v) is 7.79. The Kier molecular flexibility index (Phi) is 8.20. The number of benzene rings is 3. The molecule has 1 saturated heterocycles. The highest BCUT2D eigenvalue weighted by Gasteiger charge is 2.26. The molecule has 188 valence electrons. The van der Waals surface area contributed by atoms with Crippen LogP contribution in [0.3, 0.4) is 0 Å². The monoisotopic (exact) mass is 505 g/mol. The SMILES string of the molecule is CC(C)N(c1ccccc1)c1ccc(NC(=O)C=Cc2ccc(S(=O)(=O)N3CCOCC3)cc2)cc1. The number of ether oxygens (including phenoxy) is 1. The molecule has 0 spiro atoms. The van der Waals surface area contributed by atoms with Gasteiger partial charge in [0.25, 0.3) is 0 Å². The van der Waals surface area contributed by atoms with Crippen LogP contribution in [0.15, 0.2) is 89.8 Å². The maximum atomic E-state index is 12.7. The Morgan fingerprint density at radius 3 is 2.14 bits per heavy atom. The molecule has 0 radical (unpaired) electrons. The second kappa shape index (κ2) is 11.5. The van der Waals surface area contributed by atoms with Gasteiger partial charge >= 0.3 is 0 Å². The first-order chi connectivity index (χ1) is 17.3. The average Bonchev–Trinajstić information content (AvgIpc) is 2.90. The molecule has 1 amide bonds. The van der Waals surface area contributed by atoms with Crippen LogP contribution in [0.2, 0.25) is 0 Å². The van der Waals surface area contributed by atoms with Crippen LogP contribution in [-0.4, -0.2) is 51.0 Å². The fourth-order valence-electron chi connectivity index (χ4n) is 4.08. The van der Waals surface area contributed by atoms with E-state index in [1.807, 2.05) is 42.5 Å². The van der Waals surface area contributed by atoms with Gasteiger partial charge in [0.05, 0.1) is 18.1 Å². The summed E-state index contributed by atoms with van der Waals surface area (Å²) in [6.07, 6.45) is 3.09. The molecule has 8 heteroatoms. The minimum Gasteiger partial charge on any atom is -0.379 e. The van der Waals surface area contributed by atoms with E-state index in [4.69, 9.17) is 4.74 Å². The van der Waals surface area contributed by atoms with Gasteiger partial charge in [0.15, 0.2) is 0 Å². The highest BCUT2D eigenvalue weighted by Crippen LogP contribution is 2.28. The molecule has 3 aromatic carbocycles. The van der Waals surface area contributed by atoms with Crippen LogP contribution in [0.4, 0.5) is 17.1 Å². The van der Waals surface area contributed by atoms with Crippen molar-refractivity contribution < 1.29 is 17.9 Å². The number of nitrogens with zero attached hydrogens (tertiary/aromatic N) is 2. The average molecular weight is 506 g/mol. The summed E-state index contributed by atoms with van der Waals surface area (Å²) in [7, 11) is -3.54. The lowest BCUT2D eigenvalue weighted by Crippen LogP contribution is -2.40. The number of sulfonamides is 1. The van der Waals surface area contributed by atoms with Crippen LogP contribution in [-0.2, 0) is 19.6 Å². The maximum absolute atomic E-state index is 12.7. The normalized spacial score (nSPS) is 14.8. The molecule has 0 aromatic heterocycles. The number of carbonyl (C=O) groups excluding carboxylic acids is 1. The van der Waals surface area contributed by atoms with E-state index < -0.39 is 10.0 Å². The number of hydrogen-bond donors (Lipinski definition) is 1. The molecule has 1 aliphatic heterocycles. The predicted molar refractivity (Wildman–Crippen MR) is 144 cm³/mol. The third kappa shape index (κ3) is 6.20. The molecule has 4 rings (SSSR count). The Bertz CT molecular complexity index is 1280. The number of morpholine rings is 1. The first-order valence-corrected chi connectivity index (χ1v) is 13.4. The van der Waals surface area contributed by atoms with E-state index in [9.17, 15) is 13.2 Å². The molecule has 1 heterocycles. The lowest BCUT2D eigenvalue weighted by molar-refractivity contribution is -0.111. The van der Waals surface area contributed by atoms with Gasteiger partial charge in [-0.15, -0.1) is 0 Å². The number of nitrogens with one attached hydrogen (secondary N) is 1. The summed E-state index contributed by atoms with van der Waals surface area (Å²) in [4.78, 5) is 14.9. The number of para-hydroxylation sites is 1. The highest BCUT2D eigenvalue weighted by atomic mass is 32.2. The Hall–Kier alpha value is -3.46. The smallest absolute Gasteiger partial charge is 0.248 e. The van der Waals surface area contributed by atoms with Gasteiger partial charge in [-0.05, 0) is 74.0 Å². The van der Waals surface area contributed by atoms with Crippen molar-refractivity contribution in [2.75, 3.05) is 36.5 Å². The molecular formula is C28H31N3O4S. The molecule has 0 unspecified atom stereocenters. The third-order valence-electron chi connectivity index (χ3n) is 5.88. The van der Waals surface area contributed by atoms with Gasteiger partial charge in [0.1, 0.15) is 0 Å². The van der Waals surface area contributed by atoms with E-state index in [0.29, 0.717) is 32.0 Å². The van der Waals surface area contributed by atoms with E-state index in [1.165, 1.54) is 10.4 Å². The summed E-state index contributed by atoms with van der Waals surface area (Å²) in [5, 5.41) is 2.87. The molecule has 1 fully saturated rings. The van der Waals surface area contributed by atoms with Crippen LogP contribution in [0.25, 0.3) is 6.08 Å². The zero-order valence-electron chi connectivity index (χ0n) is 20.5. The topological polar surface area (TPSA) is 79.0 Å². The Balaban J connectivity index is 1.37. The Morgan fingerprint density at radius 2 is 1.53 bits per heavy atom. The van der Waals surface area contributed by atoms with E-state index in [1.54, 1.807) is 30.3 Å². The second-order valence-electron chi connectivity index (χ2n) is 8.75. The predicted octanol–water partition coefficient (Wildman–Crippen LogP) is 4.91. The van der Waals surface area contributed by atoms with Gasteiger partial charge in [-0.1, -0.05) is 30.3 Å². The van der Waals surface area contributed by atoms with Crippen molar-refractivity contribution in [2.45, 2.75) is 24.8 Å². The summed E-state index contributed by atoms with van der Waals surface area (Å²) in [6, 6.07) is 24.7. The van der Waals surface area contributed by atoms with Crippen LogP contribution >= 0.6 is 0 Å². The van der Waals surface area contributed by atoms with Crippen molar-refractivity contribution in [1.82, 2.24) is 4.31 Å². The first-order valence-electron chi connectivity index (χ1n) is 12.0. The molecule has 0 bridgehead atoms. The molecule has 7 nitrogen and oxygen atoms in total. The molecule has 3 aromatic rings. The number of amides is 1. The quantitative estimate of drug-likeness (QED) is 0.440. The van der Waals surface area contributed by atoms with Crippen molar-refractivity contribution in [1.29, 1.82) is 0 Å². The summed E-state index contributed by atoms with van der Waals surface area (Å²) in [5.74, 6) is -0.267. The summed E-state index contributed by atoms with van der Waals surface area (Å²) in [5.41, 5.74) is 3.57. The lowest BCUT2D eigenvalue weighted by Gasteiger charge is -2.29. The van der Waals surface area contributed by atoms with Crippen LogP contribution in [0.1, 0.15) is 19.4 Å². The molecule has 0 aliphatic carbocycles. The summed E-state index contributed by atoms with van der Waals surface area (Å²) < 4.78 is 32.1. The molecule has 1 N–H and O–H groups in total. The van der Waals surface area contributed by atoms with Crippen LogP contribution in [0.5, 0.6) is 0 Å². The van der Waals surface area contributed by atoms with Gasteiger partial charge in [-0.2, -0.15) is 4.31 Å². The lowest BCUT2D eigenvalue weighted by atomic mass is 10.1. The number of hydrogen-bond acceptors (Lipinski definition) is 5. The number of anilines is 3. The van der Waals surface area contributed by atoms with Crippen molar-refractivity contribution >= 4 is 39.1 Å². The highest BCUT2D eigenvalue weighted by molar-refractivity contribution is 7.89. The number of carbonyl (C=O) groups is 1. The van der Waals surface area contributed by atoms with Crippen molar-refractivity contribution in [3.05, 3.63) is 90.5 Å². The maximum Gasteiger partial charge on any atom is 0.248 e. The van der Waals surface area contributed by atoms with Gasteiger partial charge in [-0.3, -0.25) is 4.79 Å². The Morgan fingerprint density at radius 1 is 0.917 bits per heavy atom. The zero-order chi connectivity index (χ0) is 25.5. The standard InChI is InChI=1S/C28H31N3O4S/c1-22(2)31(25-6-4-3-5-7-25)26-13-11-24(12-14-26)29-28(32)17-10-23-8-15-27(16-9-23)36(33,34)30-18-20-35-21-19-30/h3-17,22H,18-21H2,1-2H3,(H,29,32). The molecule has 0 saturated carbocycles. The van der Waals surface area contributed by atoms with Crippen molar-refractivity contribution in [3.8, 4) is 0 Å². The molecule has 36 heavy (non-hydrogen) atoms. The van der Waals surface area contributed by atoms with E-state index >= 15 is 0 Å². The molecule has 1 aliphatic rings. The minimum absolute atomic E-state index is 0.233.